The van der Waals surface area contributed by atoms with Crippen molar-refractivity contribution in [1.29, 1.82) is 0 Å². The fourth-order valence-corrected chi connectivity index (χ4v) is 3.13. The minimum absolute atomic E-state index is 0. The van der Waals surface area contributed by atoms with Gasteiger partial charge in [0.25, 0.3) is 0 Å². The largest absolute Gasteiger partial charge is 0.341 e. The lowest BCUT2D eigenvalue weighted by Gasteiger charge is -2.18. The van der Waals surface area contributed by atoms with Crippen molar-refractivity contribution in [3.8, 4) is 5.69 Å². The number of anilines is 1. The number of allylic oxidation sites excluding steroid dienone is 3. The zero-order chi connectivity index (χ0) is 20.1. The molecular formula is C24H27N3O. The van der Waals surface area contributed by atoms with Crippen LogP contribution in [0.15, 0.2) is 90.4 Å². The minimum Gasteiger partial charge on any atom is -0.341 e. The van der Waals surface area contributed by atoms with Crippen LogP contribution in [0.2, 0.25) is 0 Å². The van der Waals surface area contributed by atoms with Gasteiger partial charge in [0.1, 0.15) is 11.5 Å². The molecule has 0 aliphatic heterocycles. The van der Waals surface area contributed by atoms with Gasteiger partial charge in [0.15, 0.2) is 5.43 Å². The molecular weight excluding hydrogens is 346 g/mol. The second-order valence-electron chi connectivity index (χ2n) is 7.02. The zero-order valence-electron chi connectivity index (χ0n) is 16.4. The van der Waals surface area contributed by atoms with Gasteiger partial charge < -0.3 is 5.32 Å². The molecule has 0 saturated heterocycles. The Morgan fingerprint density at radius 1 is 1.21 bits per heavy atom. The van der Waals surface area contributed by atoms with Crippen molar-refractivity contribution in [2.75, 3.05) is 5.32 Å². The molecule has 1 aromatic carbocycles. The third kappa shape index (κ3) is 4.12. The third-order valence-corrected chi connectivity index (χ3v) is 4.34. The summed E-state index contributed by atoms with van der Waals surface area (Å²) in [6.45, 7) is 11.9. The number of benzene rings is 1. The van der Waals surface area contributed by atoms with Gasteiger partial charge in [-0.25, -0.2) is 4.98 Å². The Bertz CT molecular complexity index is 1100. The number of fused-ring (bicyclic) bond motifs is 1. The van der Waals surface area contributed by atoms with Crippen LogP contribution < -0.4 is 10.7 Å². The van der Waals surface area contributed by atoms with E-state index in [-0.39, 0.29) is 6.86 Å². The van der Waals surface area contributed by atoms with E-state index in [0.29, 0.717) is 22.8 Å². The molecule has 0 aliphatic carbocycles. The second kappa shape index (κ2) is 8.53. The number of rotatable bonds is 7. The highest BCUT2D eigenvalue weighted by Gasteiger charge is 2.14. The molecule has 0 aliphatic rings. The summed E-state index contributed by atoms with van der Waals surface area (Å²) in [6.07, 6.45) is 6.02. The van der Waals surface area contributed by atoms with Gasteiger partial charge in [-0.1, -0.05) is 51.3 Å². The van der Waals surface area contributed by atoms with E-state index in [9.17, 15) is 4.79 Å². The van der Waals surface area contributed by atoms with Crippen LogP contribution in [0.4, 0.5) is 5.82 Å². The highest BCUT2D eigenvalue weighted by atomic mass is 16.1. The lowest BCUT2D eigenvalue weighted by atomic mass is 10.1. The minimum atomic E-state index is -0.0738. The van der Waals surface area contributed by atoms with Crippen LogP contribution in [0.5, 0.6) is 0 Å². The van der Waals surface area contributed by atoms with Crippen molar-refractivity contribution in [3.63, 3.8) is 0 Å². The Morgan fingerprint density at radius 2 is 1.96 bits per heavy atom. The maximum atomic E-state index is 12.8. The van der Waals surface area contributed by atoms with E-state index in [4.69, 9.17) is 4.98 Å². The molecule has 0 bridgehead atoms. The van der Waals surface area contributed by atoms with Crippen LogP contribution in [-0.4, -0.2) is 9.55 Å². The third-order valence-electron chi connectivity index (χ3n) is 4.34. The molecule has 0 saturated carbocycles. The summed E-state index contributed by atoms with van der Waals surface area (Å²) in [5.41, 5.74) is 3.20. The van der Waals surface area contributed by atoms with Gasteiger partial charge in [0.05, 0.1) is 5.39 Å². The highest BCUT2D eigenvalue weighted by Crippen LogP contribution is 2.23. The van der Waals surface area contributed by atoms with E-state index in [1.54, 1.807) is 24.3 Å². The first-order valence-electron chi connectivity index (χ1n) is 9.36. The van der Waals surface area contributed by atoms with Crippen molar-refractivity contribution in [3.05, 3.63) is 102 Å². The van der Waals surface area contributed by atoms with Crippen LogP contribution >= 0.6 is 0 Å². The predicted octanol–water partition coefficient (Wildman–Crippen LogP) is 5.50. The number of para-hydroxylation sites is 1. The van der Waals surface area contributed by atoms with Gasteiger partial charge >= 0.3 is 0 Å². The summed E-state index contributed by atoms with van der Waals surface area (Å²) in [6, 6.07) is 15.3. The van der Waals surface area contributed by atoms with E-state index in [2.05, 4.69) is 32.3 Å². The second-order valence-corrected chi connectivity index (χ2v) is 7.02. The Labute approximate surface area is 167 Å². The number of hydrogen-bond donors (Lipinski definition) is 1. The normalized spacial score (nSPS) is 11.6. The van der Waals surface area contributed by atoms with Crippen molar-refractivity contribution >= 4 is 16.9 Å². The van der Waals surface area contributed by atoms with Crippen molar-refractivity contribution in [1.82, 2.24) is 9.55 Å². The Balaban J connectivity index is 0.00000300. The molecule has 4 nitrogen and oxygen atoms in total. The molecule has 0 unspecified atom stereocenters. The standard InChI is InChI=1S/C24H25N3O.H2/c1-5-10-18(6-2)25-23-16-22(28)21-14-13-19(15-17(3)4)26-24(21)27(23)20-11-8-7-9-12-20;/h5-14,16-17,25H,1-2,15H2,3-4H3;1H/b18-10+;. The molecule has 0 spiro atoms. The summed E-state index contributed by atoms with van der Waals surface area (Å²) in [4.78, 5) is 17.6. The molecule has 0 atom stereocenters. The van der Waals surface area contributed by atoms with Gasteiger partial charge in [-0.15, -0.1) is 0 Å². The number of pyridine rings is 2. The monoisotopic (exact) mass is 373 g/mol. The number of hydrogen-bond acceptors (Lipinski definition) is 3. The van der Waals surface area contributed by atoms with E-state index in [0.717, 1.165) is 23.5 Å². The Kier molecular flexibility index (Phi) is 5.90. The molecule has 2 heterocycles. The fourth-order valence-electron chi connectivity index (χ4n) is 3.13. The fraction of sp³-hybridized carbons (Fsp3) is 0.167. The van der Waals surface area contributed by atoms with Crippen LogP contribution in [0.3, 0.4) is 0 Å². The molecule has 0 radical (unpaired) electrons. The average Bonchev–Trinajstić information content (AvgIpc) is 2.68. The van der Waals surface area contributed by atoms with Crippen LogP contribution in [0.1, 0.15) is 21.0 Å². The van der Waals surface area contributed by atoms with Crippen molar-refractivity contribution in [2.24, 2.45) is 5.92 Å². The van der Waals surface area contributed by atoms with E-state index < -0.39 is 0 Å². The lowest BCUT2D eigenvalue weighted by Crippen LogP contribution is -2.15. The summed E-state index contributed by atoms with van der Waals surface area (Å²) in [5, 5.41) is 3.88. The summed E-state index contributed by atoms with van der Waals surface area (Å²) < 4.78 is 1.97. The van der Waals surface area contributed by atoms with Crippen molar-refractivity contribution in [2.45, 2.75) is 20.3 Å². The van der Waals surface area contributed by atoms with E-state index in [1.807, 2.05) is 47.0 Å². The smallest absolute Gasteiger partial charge is 0.193 e. The van der Waals surface area contributed by atoms with Gasteiger partial charge in [0.2, 0.25) is 0 Å². The van der Waals surface area contributed by atoms with Gasteiger partial charge in [0, 0.05) is 24.6 Å². The first-order chi connectivity index (χ1) is 13.5. The predicted molar refractivity (Wildman–Crippen MR) is 120 cm³/mol. The van der Waals surface area contributed by atoms with Gasteiger partial charge in [-0.3, -0.25) is 9.36 Å². The molecule has 2 aromatic heterocycles. The number of aromatic nitrogens is 2. The topological polar surface area (TPSA) is 46.9 Å². The molecule has 28 heavy (non-hydrogen) atoms. The first kappa shape index (κ1) is 19.4. The van der Waals surface area contributed by atoms with Crippen LogP contribution in [0, 0.1) is 5.92 Å². The first-order valence-corrected chi connectivity index (χ1v) is 9.36. The summed E-state index contributed by atoms with van der Waals surface area (Å²) >= 11 is 0. The quantitative estimate of drug-likeness (QED) is 0.556. The van der Waals surface area contributed by atoms with Crippen LogP contribution in [-0.2, 0) is 6.42 Å². The maximum absolute atomic E-state index is 12.8. The molecule has 0 fully saturated rings. The molecule has 3 aromatic rings. The summed E-state index contributed by atoms with van der Waals surface area (Å²) in [5.74, 6) is 1.11. The SMILES string of the molecule is C=C/C=C(\C=C)Nc1cc(=O)c2ccc(CC(C)C)nc2n1-c1ccccc1.[HH]. The Morgan fingerprint density at radius 3 is 2.61 bits per heavy atom. The highest BCUT2D eigenvalue weighted by molar-refractivity contribution is 5.80. The number of nitrogens with one attached hydrogen (secondary N) is 1. The van der Waals surface area contributed by atoms with Gasteiger partial charge in [-0.05, 0) is 48.8 Å². The lowest BCUT2D eigenvalue weighted by molar-refractivity contribution is 0.636. The molecule has 1 N–H and O–H groups in total. The molecule has 4 heteroatoms. The van der Waals surface area contributed by atoms with Gasteiger partial charge in [-0.2, -0.15) is 0 Å². The summed E-state index contributed by atoms with van der Waals surface area (Å²) in [7, 11) is 0. The van der Waals surface area contributed by atoms with Crippen LogP contribution in [0.25, 0.3) is 16.7 Å². The molecule has 144 valence electrons. The van der Waals surface area contributed by atoms with E-state index >= 15 is 0 Å². The number of nitrogens with zero attached hydrogens (tertiary/aromatic N) is 2. The van der Waals surface area contributed by atoms with Crippen molar-refractivity contribution < 1.29 is 1.43 Å². The maximum Gasteiger partial charge on any atom is 0.193 e. The molecule has 0 amide bonds. The Hall–Kier alpha value is -3.40. The molecule has 3 rings (SSSR count). The zero-order valence-corrected chi connectivity index (χ0v) is 16.4. The van der Waals surface area contributed by atoms with E-state index in [1.165, 1.54) is 0 Å². The average molecular weight is 374 g/mol.